The van der Waals surface area contributed by atoms with E-state index in [2.05, 4.69) is 51.7 Å². The number of methoxy groups -OCH3 is 1. The Labute approximate surface area is 350 Å². The summed E-state index contributed by atoms with van der Waals surface area (Å²) < 4.78 is 40.2. The van der Waals surface area contributed by atoms with Gasteiger partial charge in [0.1, 0.15) is 0 Å². The average molecular weight is 976 g/mol. The number of esters is 1. The number of amides is 1. The predicted octanol–water partition coefficient (Wildman–Crippen LogP) is 11.3. The number of likely N-dealkylation sites (tertiary alicyclic amines) is 1. The summed E-state index contributed by atoms with van der Waals surface area (Å²) in [6.07, 6.45) is 18.2. The molecule has 12 heteroatoms. The Morgan fingerprint density at radius 3 is 1.68 bits per heavy atom. The second-order valence-corrected chi connectivity index (χ2v) is 38.8. The fraction of sp³-hybridized carbons (Fsp3) is 0.902. The standard InChI is InChI=1S/C17H28NO6.6C4H9.Al.B.HN.2Sn.H/c1-7-14(23-12(2)19)13-8-9-18(10-15(13)22-11-21-6)16(20)24-17(3,4)5;6*1-3-4-2;;;;;;/h1,7,13-15H,8-11H2,2-6H3;6*1,3-4H2,2H3;;;1H;;;. The summed E-state index contributed by atoms with van der Waals surface area (Å²) in [6, 6.07) is 0. The molecular weight excluding hydrogens is 892 g/mol. The summed E-state index contributed by atoms with van der Waals surface area (Å²) in [5.41, 5.74) is -0.564. The number of rotatable bonds is 25. The van der Waals surface area contributed by atoms with Crippen molar-refractivity contribution in [2.24, 2.45) is 5.92 Å². The average Bonchev–Trinajstić information content (AvgIpc) is 3.12. The van der Waals surface area contributed by atoms with E-state index < -0.39 is 43.7 Å². The van der Waals surface area contributed by atoms with Gasteiger partial charge < -0.3 is 0 Å². The fourth-order valence-corrected chi connectivity index (χ4v) is 32.3. The minimum atomic E-state index is -2.57. The van der Waals surface area contributed by atoms with Crippen molar-refractivity contribution < 1.29 is 28.5 Å². The molecular formula is C41H84AlBN2O6Sn2. The van der Waals surface area contributed by atoms with E-state index in [1.165, 1.54) is 97.3 Å². The molecule has 308 valence electrons. The van der Waals surface area contributed by atoms with Crippen LogP contribution in [0.3, 0.4) is 0 Å². The third kappa shape index (κ3) is 29.3. The molecule has 1 heterocycles. The second kappa shape index (κ2) is 36.7. The van der Waals surface area contributed by atoms with E-state index in [1.807, 2.05) is 20.8 Å². The van der Waals surface area contributed by atoms with Crippen LogP contribution in [-0.4, -0.2) is 124 Å². The molecule has 1 N–H and O–H groups in total. The molecule has 0 aromatic carbocycles. The first-order valence-electron chi connectivity index (χ1n) is 21.1. The quantitative estimate of drug-likeness (QED) is 0.0556. The van der Waals surface area contributed by atoms with E-state index in [1.54, 1.807) is 41.4 Å². The van der Waals surface area contributed by atoms with Crippen molar-refractivity contribution in [3.05, 3.63) is 10.2 Å². The van der Waals surface area contributed by atoms with Gasteiger partial charge in [0.2, 0.25) is 0 Å². The third-order valence-electron chi connectivity index (χ3n) is 10.0. The second-order valence-electron chi connectivity index (χ2n) is 15.9. The molecule has 1 aliphatic heterocycles. The normalized spacial score (nSPS) is 16.5. The Morgan fingerprint density at radius 1 is 0.849 bits per heavy atom. The molecule has 1 aliphatic rings. The van der Waals surface area contributed by atoms with Crippen LogP contribution in [0.5, 0.6) is 0 Å². The van der Waals surface area contributed by atoms with E-state index in [4.69, 9.17) is 23.3 Å². The van der Waals surface area contributed by atoms with Crippen molar-refractivity contribution in [3.8, 4) is 0 Å². The van der Waals surface area contributed by atoms with E-state index in [0.29, 0.717) is 19.5 Å². The molecule has 4 radical (unpaired) electrons. The van der Waals surface area contributed by atoms with Gasteiger partial charge in [-0.05, 0) is 0 Å². The van der Waals surface area contributed by atoms with Crippen LogP contribution < -0.4 is 0 Å². The third-order valence-corrected chi connectivity index (χ3v) is 34.6. The Balaban J connectivity index is -0.00000132. The SMILES string of the molecule is CCC[CH2][SnH]([CH2]CCC)[CH2]CCC.CCC[CH2][Sn](/[CH]=C/C(OC(C)=O)C1CCN(C(=O)OC(C)(C)C)CC1OCOC)([CH2]CCC)[CH2]CCC.[B].[NH]=[Al]. The predicted molar refractivity (Wildman–Crippen MR) is 233 cm³/mol. The molecule has 3 atom stereocenters. The molecule has 1 rings (SSSR count). The topological polar surface area (TPSA) is 98.2 Å². The Kier molecular flexibility index (Phi) is 40.0. The molecule has 1 fully saturated rings. The molecule has 1 saturated heterocycles. The zero-order chi connectivity index (χ0) is 39.8. The van der Waals surface area contributed by atoms with Gasteiger partial charge in [-0.1, -0.05) is 0 Å². The number of hydrogen-bond acceptors (Lipinski definition) is 7. The summed E-state index contributed by atoms with van der Waals surface area (Å²) >= 11 is -1.87. The van der Waals surface area contributed by atoms with Gasteiger partial charge in [-0.2, -0.15) is 0 Å². The van der Waals surface area contributed by atoms with Crippen LogP contribution >= 0.6 is 0 Å². The first-order valence-corrected chi connectivity index (χ1v) is 36.4. The van der Waals surface area contributed by atoms with Crippen LogP contribution in [0.15, 0.2) is 10.2 Å². The molecule has 1 amide bonds. The van der Waals surface area contributed by atoms with Crippen LogP contribution in [0, 0.1) is 10.3 Å². The molecule has 0 saturated carbocycles. The fourth-order valence-electron chi connectivity index (χ4n) is 7.02. The van der Waals surface area contributed by atoms with Crippen molar-refractivity contribution in [2.75, 3.05) is 27.0 Å². The summed E-state index contributed by atoms with van der Waals surface area (Å²) in [5.74, 6) is -0.340. The van der Waals surface area contributed by atoms with Gasteiger partial charge in [0.15, 0.2) is 0 Å². The zero-order valence-electron chi connectivity index (χ0n) is 36.6. The monoisotopic (exact) mass is 978 g/mol. The number of ether oxygens (including phenoxy) is 4. The van der Waals surface area contributed by atoms with Crippen LogP contribution in [0.1, 0.15) is 153 Å². The Morgan fingerprint density at radius 2 is 1.30 bits per heavy atom. The summed E-state index contributed by atoms with van der Waals surface area (Å²) in [5, 5.41) is 0. The molecule has 0 bridgehead atoms. The van der Waals surface area contributed by atoms with E-state index in [0.717, 1.165) is 0 Å². The van der Waals surface area contributed by atoms with E-state index in [-0.39, 0.29) is 45.4 Å². The maximum absolute atomic E-state index is 12.8. The summed E-state index contributed by atoms with van der Waals surface area (Å²) in [6.45, 7) is 21.9. The van der Waals surface area contributed by atoms with Crippen LogP contribution in [0.2, 0.25) is 26.6 Å². The molecule has 3 unspecified atom stereocenters. The molecule has 8 nitrogen and oxygen atoms in total. The zero-order valence-corrected chi connectivity index (χ0v) is 43.9. The molecule has 0 aromatic rings. The molecule has 0 spiro atoms. The first-order chi connectivity index (χ1) is 24.8. The summed E-state index contributed by atoms with van der Waals surface area (Å²) in [7, 11) is 1.59. The molecule has 0 aliphatic carbocycles. The van der Waals surface area contributed by atoms with Gasteiger partial charge in [-0.25, -0.2) is 0 Å². The van der Waals surface area contributed by atoms with Crippen molar-refractivity contribution >= 4 is 74.7 Å². The van der Waals surface area contributed by atoms with Gasteiger partial charge in [-0.3, -0.25) is 0 Å². The Bertz CT molecular complexity index is 873. The van der Waals surface area contributed by atoms with Gasteiger partial charge in [-0.15, -0.1) is 0 Å². The van der Waals surface area contributed by atoms with Gasteiger partial charge in [0.25, 0.3) is 0 Å². The van der Waals surface area contributed by atoms with Crippen molar-refractivity contribution in [1.82, 2.24) is 4.90 Å². The van der Waals surface area contributed by atoms with Crippen LogP contribution in [0.25, 0.3) is 0 Å². The number of carbonyl (C=O) groups excluding carboxylic acids is 2. The van der Waals surface area contributed by atoms with Crippen LogP contribution in [0.4, 0.5) is 4.79 Å². The van der Waals surface area contributed by atoms with Crippen LogP contribution in [-0.2, 0) is 23.7 Å². The number of carbonyl (C=O) groups is 2. The van der Waals surface area contributed by atoms with Gasteiger partial charge in [0.05, 0.1) is 0 Å². The number of nitrogens with one attached hydrogen (secondary N) is 1. The Hall–Kier alpha value is 0.395. The maximum atomic E-state index is 12.8. The van der Waals surface area contributed by atoms with Crippen molar-refractivity contribution in [3.63, 3.8) is 0 Å². The molecule has 0 aromatic heterocycles. The number of unbranched alkanes of at least 4 members (excludes halogenated alkanes) is 6. The number of piperidine rings is 1. The van der Waals surface area contributed by atoms with Gasteiger partial charge >= 0.3 is 344 Å². The summed E-state index contributed by atoms with van der Waals surface area (Å²) in [4.78, 5) is 26.7. The minimum absolute atomic E-state index is 0. The van der Waals surface area contributed by atoms with Gasteiger partial charge in [0, 0.05) is 8.41 Å². The number of hydrogen-bond donors (Lipinski definition) is 1. The first kappa shape index (κ1) is 57.7. The number of nitrogens with zero attached hydrogens (tertiary/aromatic N) is 1. The molecule has 53 heavy (non-hydrogen) atoms. The van der Waals surface area contributed by atoms with Crippen molar-refractivity contribution in [1.29, 1.82) is 4.35 Å². The van der Waals surface area contributed by atoms with E-state index in [9.17, 15) is 9.59 Å². The van der Waals surface area contributed by atoms with E-state index >= 15 is 0 Å². The van der Waals surface area contributed by atoms with Crippen molar-refractivity contribution in [2.45, 2.75) is 197 Å².